The third kappa shape index (κ3) is 3.45. The monoisotopic (exact) mass is 280 g/mol. The molecule has 1 aromatic carbocycles. The molecule has 0 unspecified atom stereocenters. The molecule has 1 heterocycles. The molecule has 0 spiro atoms. The summed E-state index contributed by atoms with van der Waals surface area (Å²) in [5, 5.41) is 0. The molecule has 0 bridgehead atoms. The van der Waals surface area contributed by atoms with Gasteiger partial charge in [0, 0.05) is 23.4 Å². The lowest BCUT2D eigenvalue weighted by Crippen LogP contribution is -2.11. The van der Waals surface area contributed by atoms with E-state index >= 15 is 0 Å². The van der Waals surface area contributed by atoms with Crippen molar-refractivity contribution in [1.82, 2.24) is 4.98 Å². The summed E-state index contributed by atoms with van der Waals surface area (Å²) < 4.78 is 31.8. The van der Waals surface area contributed by atoms with Crippen LogP contribution in [0.2, 0.25) is 0 Å². The third-order valence-electron chi connectivity index (χ3n) is 2.37. The fourth-order valence-electron chi connectivity index (χ4n) is 1.49. The Hall–Kier alpha value is -2.08. The highest BCUT2D eigenvalue weighted by molar-refractivity contribution is 7.80. The zero-order valence-electron chi connectivity index (χ0n) is 9.77. The van der Waals surface area contributed by atoms with E-state index in [9.17, 15) is 8.78 Å². The number of nitrogens with zero attached hydrogens (tertiary/aromatic N) is 1. The second-order valence-electron chi connectivity index (χ2n) is 3.81. The molecule has 0 saturated carbocycles. The van der Waals surface area contributed by atoms with Crippen molar-refractivity contribution < 1.29 is 13.5 Å². The van der Waals surface area contributed by atoms with Gasteiger partial charge in [-0.3, -0.25) is 4.98 Å². The number of hydrogen-bond donors (Lipinski definition) is 1. The summed E-state index contributed by atoms with van der Waals surface area (Å²) in [5.41, 5.74) is 6.06. The minimum Gasteiger partial charge on any atom is -0.489 e. The van der Waals surface area contributed by atoms with Gasteiger partial charge in [-0.25, -0.2) is 8.78 Å². The maximum absolute atomic E-state index is 13.6. The van der Waals surface area contributed by atoms with Crippen LogP contribution < -0.4 is 10.5 Å². The fraction of sp³-hybridized carbons (Fsp3) is 0.0769. The normalized spacial score (nSPS) is 10.2. The number of hydrogen-bond acceptors (Lipinski definition) is 3. The van der Waals surface area contributed by atoms with Gasteiger partial charge in [-0.15, -0.1) is 0 Å². The minimum absolute atomic E-state index is 0.0154. The summed E-state index contributed by atoms with van der Waals surface area (Å²) in [7, 11) is 0. The number of pyridine rings is 1. The van der Waals surface area contributed by atoms with Crippen molar-refractivity contribution in [2.24, 2.45) is 5.73 Å². The van der Waals surface area contributed by atoms with Crippen molar-refractivity contribution in [3.8, 4) is 5.75 Å². The summed E-state index contributed by atoms with van der Waals surface area (Å²) in [4.78, 5) is 3.67. The van der Waals surface area contributed by atoms with E-state index in [0.717, 1.165) is 6.20 Å². The van der Waals surface area contributed by atoms with Crippen molar-refractivity contribution in [3.63, 3.8) is 0 Å². The van der Waals surface area contributed by atoms with E-state index in [1.165, 1.54) is 24.4 Å². The SMILES string of the molecule is NC(=S)c1ccc(OCc2cncc(F)c2)cc1F. The molecule has 0 aliphatic heterocycles. The van der Waals surface area contributed by atoms with Crippen LogP contribution in [-0.4, -0.2) is 9.97 Å². The van der Waals surface area contributed by atoms with Gasteiger partial charge >= 0.3 is 0 Å². The van der Waals surface area contributed by atoms with Crippen molar-refractivity contribution in [1.29, 1.82) is 0 Å². The number of ether oxygens (including phenoxy) is 1. The second-order valence-corrected chi connectivity index (χ2v) is 4.25. The Morgan fingerprint density at radius 3 is 2.68 bits per heavy atom. The van der Waals surface area contributed by atoms with Crippen LogP contribution in [0.4, 0.5) is 8.78 Å². The summed E-state index contributed by atoms with van der Waals surface area (Å²) in [5.74, 6) is -0.694. The van der Waals surface area contributed by atoms with Crippen molar-refractivity contribution in [3.05, 3.63) is 59.4 Å². The van der Waals surface area contributed by atoms with Crippen molar-refractivity contribution in [2.45, 2.75) is 6.61 Å². The van der Waals surface area contributed by atoms with Gasteiger partial charge in [0.05, 0.1) is 6.20 Å². The van der Waals surface area contributed by atoms with Crippen LogP contribution in [0.15, 0.2) is 36.7 Å². The molecule has 0 atom stereocenters. The standard InChI is InChI=1S/C13H10F2N2OS/c14-9-3-8(5-17-6-9)7-18-10-1-2-11(13(16)19)12(15)4-10/h1-6H,7H2,(H2,16,19). The molecule has 0 radical (unpaired) electrons. The Balaban J connectivity index is 2.08. The number of benzene rings is 1. The highest BCUT2D eigenvalue weighted by atomic mass is 32.1. The Morgan fingerprint density at radius 2 is 2.05 bits per heavy atom. The van der Waals surface area contributed by atoms with Gasteiger partial charge < -0.3 is 10.5 Å². The maximum atomic E-state index is 13.6. The molecule has 2 N–H and O–H groups in total. The first-order chi connectivity index (χ1) is 9.06. The lowest BCUT2D eigenvalue weighted by Gasteiger charge is -2.08. The van der Waals surface area contributed by atoms with E-state index in [1.54, 1.807) is 6.07 Å². The van der Waals surface area contributed by atoms with Crippen LogP contribution in [0.3, 0.4) is 0 Å². The average molecular weight is 280 g/mol. The Bertz CT molecular complexity index is 619. The van der Waals surface area contributed by atoms with Gasteiger partial charge in [0.25, 0.3) is 0 Å². The summed E-state index contributed by atoms with van der Waals surface area (Å²) in [6.07, 6.45) is 2.57. The van der Waals surface area contributed by atoms with Gasteiger partial charge in [0.15, 0.2) is 0 Å². The number of thiocarbonyl (C=S) groups is 1. The Labute approximate surface area is 114 Å². The summed E-state index contributed by atoms with van der Waals surface area (Å²) >= 11 is 4.70. The van der Waals surface area contributed by atoms with Crippen LogP contribution in [0.1, 0.15) is 11.1 Å². The van der Waals surface area contributed by atoms with Crippen LogP contribution in [0, 0.1) is 11.6 Å². The molecule has 6 heteroatoms. The maximum Gasteiger partial charge on any atom is 0.141 e. The number of halogens is 2. The van der Waals surface area contributed by atoms with Crippen LogP contribution in [0.25, 0.3) is 0 Å². The number of rotatable bonds is 4. The highest BCUT2D eigenvalue weighted by Crippen LogP contribution is 2.18. The Morgan fingerprint density at radius 1 is 1.26 bits per heavy atom. The largest absolute Gasteiger partial charge is 0.489 e. The molecule has 0 saturated heterocycles. The van der Waals surface area contributed by atoms with E-state index in [0.29, 0.717) is 11.3 Å². The first kappa shape index (κ1) is 13.4. The predicted octanol–water partition coefficient (Wildman–Crippen LogP) is 2.57. The molecular weight excluding hydrogens is 270 g/mol. The molecule has 98 valence electrons. The molecule has 3 nitrogen and oxygen atoms in total. The third-order valence-corrected chi connectivity index (χ3v) is 2.59. The smallest absolute Gasteiger partial charge is 0.141 e. The first-order valence-electron chi connectivity index (χ1n) is 5.38. The highest BCUT2D eigenvalue weighted by Gasteiger charge is 2.07. The summed E-state index contributed by atoms with van der Waals surface area (Å²) in [6, 6.07) is 5.47. The molecule has 19 heavy (non-hydrogen) atoms. The molecule has 2 rings (SSSR count). The zero-order chi connectivity index (χ0) is 13.8. The molecule has 0 fully saturated rings. The van der Waals surface area contributed by atoms with Gasteiger partial charge in [-0.05, 0) is 18.2 Å². The number of aromatic nitrogens is 1. The molecule has 1 aromatic heterocycles. The Kier molecular flexibility index (Phi) is 4.01. The van der Waals surface area contributed by atoms with Crippen LogP contribution in [0.5, 0.6) is 5.75 Å². The van der Waals surface area contributed by atoms with E-state index in [2.05, 4.69) is 4.98 Å². The predicted molar refractivity (Wildman–Crippen MR) is 70.8 cm³/mol. The van der Waals surface area contributed by atoms with Crippen molar-refractivity contribution in [2.75, 3.05) is 0 Å². The quantitative estimate of drug-likeness (QED) is 0.874. The first-order valence-corrected chi connectivity index (χ1v) is 5.78. The van der Waals surface area contributed by atoms with E-state index in [-0.39, 0.29) is 17.2 Å². The summed E-state index contributed by atoms with van der Waals surface area (Å²) in [6.45, 7) is 0.0939. The molecule has 0 aliphatic carbocycles. The van der Waals surface area contributed by atoms with Gasteiger partial charge in [0.1, 0.15) is 29.0 Å². The molecule has 0 aliphatic rings. The number of nitrogens with two attached hydrogens (primary N) is 1. The van der Waals surface area contributed by atoms with Crippen molar-refractivity contribution >= 4 is 17.2 Å². The molecule has 2 aromatic rings. The molecule has 0 amide bonds. The van der Waals surface area contributed by atoms with E-state index < -0.39 is 11.6 Å². The second kappa shape index (κ2) is 5.71. The molecular formula is C13H10F2N2OS. The zero-order valence-corrected chi connectivity index (χ0v) is 10.6. The van der Waals surface area contributed by atoms with Crippen LogP contribution in [-0.2, 0) is 6.61 Å². The average Bonchev–Trinajstić information content (AvgIpc) is 2.36. The van der Waals surface area contributed by atoms with E-state index in [1.807, 2.05) is 0 Å². The lowest BCUT2D eigenvalue weighted by molar-refractivity contribution is 0.303. The van der Waals surface area contributed by atoms with Gasteiger partial charge in [-0.2, -0.15) is 0 Å². The van der Waals surface area contributed by atoms with Gasteiger partial charge in [0.2, 0.25) is 0 Å². The van der Waals surface area contributed by atoms with Gasteiger partial charge in [-0.1, -0.05) is 12.2 Å². The fourth-order valence-corrected chi connectivity index (χ4v) is 1.65. The topological polar surface area (TPSA) is 48.1 Å². The van der Waals surface area contributed by atoms with Crippen LogP contribution >= 0.6 is 12.2 Å². The lowest BCUT2D eigenvalue weighted by atomic mass is 10.2. The van der Waals surface area contributed by atoms with E-state index in [4.69, 9.17) is 22.7 Å². The minimum atomic E-state index is -0.553.